The largest absolute Gasteiger partial charge is 0.503 e. The minimum Gasteiger partial charge on any atom is -0.503 e. The summed E-state index contributed by atoms with van der Waals surface area (Å²) < 4.78 is 5.74. The summed E-state index contributed by atoms with van der Waals surface area (Å²) in [5, 5.41) is 12.0. The summed E-state index contributed by atoms with van der Waals surface area (Å²) in [6.45, 7) is 0. The summed E-state index contributed by atoms with van der Waals surface area (Å²) >= 11 is 6.04. The van der Waals surface area contributed by atoms with Gasteiger partial charge in [-0.2, -0.15) is 0 Å². The number of ketones is 1. The van der Waals surface area contributed by atoms with E-state index in [9.17, 15) is 14.7 Å². The lowest BCUT2D eigenvalue weighted by molar-refractivity contribution is -0.131. The lowest BCUT2D eigenvalue weighted by Crippen LogP contribution is -2.38. The van der Waals surface area contributed by atoms with Crippen molar-refractivity contribution in [3.8, 4) is 0 Å². The molecule has 0 bridgehead atoms. The number of benzene rings is 2. The van der Waals surface area contributed by atoms with Crippen LogP contribution < -0.4 is 0 Å². The topological polar surface area (TPSA) is 70.8 Å². The first-order valence-corrected chi connectivity index (χ1v) is 10.5. The zero-order valence-electron chi connectivity index (χ0n) is 16.2. The highest BCUT2D eigenvalue weighted by Gasteiger charge is 2.47. The number of hydrogen-bond donors (Lipinski definition) is 1. The van der Waals surface area contributed by atoms with Gasteiger partial charge in [0.25, 0.3) is 5.91 Å². The molecular weight excluding hydrogens is 402 g/mol. The lowest BCUT2D eigenvalue weighted by atomic mass is 9.94. The van der Waals surface area contributed by atoms with Crippen LogP contribution in [0.15, 0.2) is 70.3 Å². The first-order valence-electron chi connectivity index (χ1n) is 10.1. The number of Topliss-reactive ketones (excluding diaryl/α,β-unsaturated/α-hetero) is 1. The van der Waals surface area contributed by atoms with Crippen LogP contribution in [-0.4, -0.2) is 27.7 Å². The molecule has 30 heavy (non-hydrogen) atoms. The molecular formula is C24H20ClNO4. The summed E-state index contributed by atoms with van der Waals surface area (Å²) in [7, 11) is 0. The van der Waals surface area contributed by atoms with Crippen molar-refractivity contribution in [2.45, 2.75) is 37.8 Å². The molecule has 6 heteroatoms. The molecule has 5 rings (SSSR count). The minimum atomic E-state index is -0.633. The molecule has 0 saturated heterocycles. The van der Waals surface area contributed by atoms with E-state index < -0.39 is 23.5 Å². The number of rotatable bonds is 4. The van der Waals surface area contributed by atoms with Gasteiger partial charge in [0, 0.05) is 16.5 Å². The quantitative estimate of drug-likeness (QED) is 0.556. The molecule has 1 unspecified atom stereocenters. The number of nitrogens with zero attached hydrogens (tertiary/aromatic N) is 1. The zero-order valence-corrected chi connectivity index (χ0v) is 16.9. The van der Waals surface area contributed by atoms with Gasteiger partial charge < -0.3 is 14.4 Å². The molecule has 1 amide bonds. The Morgan fingerprint density at radius 3 is 2.53 bits per heavy atom. The number of carbonyl (C=O) groups is 2. The summed E-state index contributed by atoms with van der Waals surface area (Å²) in [6.07, 6.45) is 3.80. The number of amides is 1. The number of fused-ring (bicyclic) bond motifs is 1. The Morgan fingerprint density at radius 1 is 1.07 bits per heavy atom. The number of halogens is 1. The van der Waals surface area contributed by atoms with E-state index in [2.05, 4.69) is 0 Å². The highest BCUT2D eigenvalue weighted by Crippen LogP contribution is 2.43. The van der Waals surface area contributed by atoms with Crippen LogP contribution in [0.5, 0.6) is 0 Å². The molecule has 0 radical (unpaired) electrons. The van der Waals surface area contributed by atoms with Gasteiger partial charge in [0.1, 0.15) is 5.58 Å². The van der Waals surface area contributed by atoms with Crippen LogP contribution in [-0.2, 0) is 4.79 Å². The van der Waals surface area contributed by atoms with Crippen molar-refractivity contribution < 1.29 is 19.1 Å². The van der Waals surface area contributed by atoms with Crippen molar-refractivity contribution in [1.29, 1.82) is 0 Å². The van der Waals surface area contributed by atoms with Crippen LogP contribution in [0.4, 0.5) is 0 Å². The number of furan rings is 1. The SMILES string of the molecule is O=C(C1=C(O)C(=O)N(C2CCCC2)C1c1ccccc1)c1cc2cc(Cl)ccc2o1. The third-order valence-corrected chi connectivity index (χ3v) is 6.26. The maximum atomic E-state index is 13.5. The summed E-state index contributed by atoms with van der Waals surface area (Å²) in [5.74, 6) is -1.38. The Labute approximate surface area is 178 Å². The monoisotopic (exact) mass is 421 g/mol. The first kappa shape index (κ1) is 18.9. The molecule has 152 valence electrons. The predicted octanol–water partition coefficient (Wildman–Crippen LogP) is 5.61. The van der Waals surface area contributed by atoms with Gasteiger partial charge in [-0.05, 0) is 42.7 Å². The van der Waals surface area contributed by atoms with Crippen molar-refractivity contribution in [2.75, 3.05) is 0 Å². The third kappa shape index (κ3) is 3.01. The number of carbonyl (C=O) groups excluding carboxylic acids is 2. The van der Waals surface area contributed by atoms with Crippen LogP contribution >= 0.6 is 11.6 Å². The molecule has 0 spiro atoms. The van der Waals surface area contributed by atoms with E-state index in [1.54, 1.807) is 29.2 Å². The number of aliphatic hydroxyl groups is 1. The fraction of sp³-hybridized carbons (Fsp3) is 0.250. The van der Waals surface area contributed by atoms with E-state index in [1.165, 1.54) is 0 Å². The van der Waals surface area contributed by atoms with Crippen molar-refractivity contribution in [3.05, 3.63) is 82.3 Å². The zero-order chi connectivity index (χ0) is 20.8. The molecule has 2 aliphatic rings. The van der Waals surface area contributed by atoms with E-state index in [1.807, 2.05) is 30.3 Å². The summed E-state index contributed by atoms with van der Waals surface area (Å²) in [5.41, 5.74) is 1.39. The maximum absolute atomic E-state index is 13.5. The van der Waals surface area contributed by atoms with Crippen molar-refractivity contribution in [2.24, 2.45) is 0 Å². The molecule has 1 N–H and O–H groups in total. The van der Waals surface area contributed by atoms with Gasteiger partial charge in [-0.1, -0.05) is 54.8 Å². The van der Waals surface area contributed by atoms with E-state index in [4.69, 9.17) is 16.0 Å². The van der Waals surface area contributed by atoms with Gasteiger partial charge in [0.05, 0.1) is 11.6 Å². The second-order valence-corrected chi connectivity index (χ2v) is 8.28. The molecule has 5 nitrogen and oxygen atoms in total. The molecule has 1 aromatic heterocycles. The van der Waals surface area contributed by atoms with Crippen molar-refractivity contribution >= 4 is 34.3 Å². The molecule has 1 fully saturated rings. The molecule has 1 aliphatic heterocycles. The molecule has 2 heterocycles. The molecule has 1 saturated carbocycles. The van der Waals surface area contributed by atoms with Gasteiger partial charge in [-0.15, -0.1) is 0 Å². The minimum absolute atomic E-state index is 0.00429. The van der Waals surface area contributed by atoms with Gasteiger partial charge in [0.15, 0.2) is 11.5 Å². The van der Waals surface area contributed by atoms with E-state index in [-0.39, 0.29) is 17.4 Å². The van der Waals surface area contributed by atoms with Gasteiger partial charge in [-0.3, -0.25) is 9.59 Å². The van der Waals surface area contributed by atoms with Gasteiger partial charge in [-0.25, -0.2) is 0 Å². The van der Waals surface area contributed by atoms with Crippen LogP contribution in [0.2, 0.25) is 5.02 Å². The van der Waals surface area contributed by atoms with Crippen molar-refractivity contribution in [3.63, 3.8) is 0 Å². The van der Waals surface area contributed by atoms with Crippen LogP contribution in [0.1, 0.15) is 47.8 Å². The highest BCUT2D eigenvalue weighted by molar-refractivity contribution is 6.31. The van der Waals surface area contributed by atoms with Gasteiger partial charge >= 0.3 is 0 Å². The molecule has 2 aromatic carbocycles. The Hall–Kier alpha value is -3.05. The number of hydrogen-bond acceptors (Lipinski definition) is 4. The Balaban J connectivity index is 1.61. The Morgan fingerprint density at radius 2 is 1.80 bits per heavy atom. The second-order valence-electron chi connectivity index (χ2n) is 7.85. The molecule has 3 aromatic rings. The van der Waals surface area contributed by atoms with Gasteiger partial charge in [0.2, 0.25) is 5.78 Å². The normalized spacial score (nSPS) is 20.0. The van der Waals surface area contributed by atoms with E-state index in [0.29, 0.717) is 16.0 Å². The molecule has 1 atom stereocenters. The maximum Gasteiger partial charge on any atom is 0.290 e. The fourth-order valence-electron chi connectivity index (χ4n) is 4.64. The highest BCUT2D eigenvalue weighted by atomic mass is 35.5. The van der Waals surface area contributed by atoms with Crippen LogP contribution in [0.3, 0.4) is 0 Å². The average Bonchev–Trinajstić information content (AvgIpc) is 3.47. The third-order valence-electron chi connectivity index (χ3n) is 6.02. The summed E-state index contributed by atoms with van der Waals surface area (Å²) in [4.78, 5) is 28.2. The predicted molar refractivity (Wildman–Crippen MR) is 113 cm³/mol. The smallest absolute Gasteiger partial charge is 0.290 e. The average molecular weight is 422 g/mol. The Kier molecular flexibility index (Phi) is 4.63. The van der Waals surface area contributed by atoms with Crippen LogP contribution in [0.25, 0.3) is 11.0 Å². The summed E-state index contributed by atoms with van der Waals surface area (Å²) in [6, 6.07) is 15.5. The van der Waals surface area contributed by atoms with E-state index in [0.717, 1.165) is 31.2 Å². The van der Waals surface area contributed by atoms with E-state index >= 15 is 0 Å². The van der Waals surface area contributed by atoms with Crippen molar-refractivity contribution in [1.82, 2.24) is 4.90 Å². The first-order chi connectivity index (χ1) is 14.5. The second kappa shape index (κ2) is 7.33. The number of aliphatic hydroxyl groups excluding tert-OH is 1. The Bertz CT molecular complexity index is 1170. The standard InChI is InChI=1S/C24H20ClNO4/c25-16-10-11-18-15(12-16)13-19(30-18)22(27)20-21(14-6-2-1-3-7-14)26(24(29)23(20)28)17-8-4-5-9-17/h1-3,6-7,10-13,17,21,28H,4-5,8-9H2. The molecule has 1 aliphatic carbocycles. The van der Waals surface area contributed by atoms with Crippen LogP contribution in [0, 0.1) is 0 Å². The fourth-order valence-corrected chi connectivity index (χ4v) is 4.82. The lowest BCUT2D eigenvalue weighted by Gasteiger charge is -2.32.